The van der Waals surface area contributed by atoms with Crippen LogP contribution in [0.2, 0.25) is 5.02 Å². The number of pyridine rings is 1. The normalized spacial score (nSPS) is 16.2. The zero-order valence-corrected chi connectivity index (χ0v) is 14.8. The van der Waals surface area contributed by atoms with Gasteiger partial charge in [-0.15, -0.1) is 0 Å². The number of esters is 1. The van der Waals surface area contributed by atoms with E-state index in [1.807, 2.05) is 30.3 Å². The van der Waals surface area contributed by atoms with Crippen LogP contribution in [0.15, 0.2) is 55.3 Å². The van der Waals surface area contributed by atoms with Gasteiger partial charge in [-0.2, -0.15) is 0 Å². The molecular weight excluding hydrogens is 354 g/mol. The molecule has 1 aliphatic heterocycles. The highest BCUT2D eigenvalue weighted by Gasteiger charge is 2.27. The summed E-state index contributed by atoms with van der Waals surface area (Å²) < 4.78 is 4.98. The van der Waals surface area contributed by atoms with Crippen molar-refractivity contribution in [1.29, 1.82) is 0 Å². The highest BCUT2D eigenvalue weighted by molar-refractivity contribution is 6.33. The van der Waals surface area contributed by atoms with E-state index in [0.717, 1.165) is 12.5 Å². The van der Waals surface area contributed by atoms with Crippen LogP contribution >= 0.6 is 11.6 Å². The second kappa shape index (κ2) is 8.01. The van der Waals surface area contributed by atoms with Crippen LogP contribution in [0.3, 0.4) is 0 Å². The van der Waals surface area contributed by atoms with Crippen LogP contribution in [0.5, 0.6) is 5.75 Å². The molecule has 1 aliphatic rings. The van der Waals surface area contributed by atoms with Gasteiger partial charge in [0.1, 0.15) is 5.82 Å². The van der Waals surface area contributed by atoms with E-state index < -0.39 is 5.97 Å². The van der Waals surface area contributed by atoms with E-state index in [0.29, 0.717) is 29.5 Å². The number of rotatable bonds is 5. The minimum absolute atomic E-state index is 0.0145. The van der Waals surface area contributed by atoms with Gasteiger partial charge in [-0.1, -0.05) is 36.4 Å². The lowest BCUT2D eigenvalue weighted by atomic mass is 10.2. The van der Waals surface area contributed by atoms with Gasteiger partial charge < -0.3 is 15.0 Å². The maximum atomic E-state index is 12.5. The zero-order chi connectivity index (χ0) is 18.5. The van der Waals surface area contributed by atoms with Crippen LogP contribution in [-0.2, 0) is 4.79 Å². The average Bonchev–Trinajstić information content (AvgIpc) is 3.12. The second-order valence-corrected chi connectivity index (χ2v) is 6.28. The molecule has 0 unspecified atom stereocenters. The number of carbonyl (C=O) groups excluding carboxylic acids is 2. The number of nitrogens with one attached hydrogen (secondary N) is 1. The lowest BCUT2D eigenvalue weighted by Crippen LogP contribution is -2.31. The van der Waals surface area contributed by atoms with E-state index in [1.54, 1.807) is 4.90 Å². The third-order valence-electron chi connectivity index (χ3n) is 4.04. The Balaban J connectivity index is 1.61. The first kappa shape index (κ1) is 17.9. The van der Waals surface area contributed by atoms with E-state index in [4.69, 9.17) is 16.3 Å². The quantitative estimate of drug-likeness (QED) is 0.645. The van der Waals surface area contributed by atoms with Crippen molar-refractivity contribution in [3.8, 4) is 5.75 Å². The molecule has 0 radical (unpaired) electrons. The van der Waals surface area contributed by atoms with E-state index in [2.05, 4.69) is 16.9 Å². The van der Waals surface area contributed by atoms with Crippen LogP contribution in [0.1, 0.15) is 16.8 Å². The minimum atomic E-state index is -0.575. The number of amides is 1. The first-order valence-corrected chi connectivity index (χ1v) is 8.55. The molecule has 0 saturated carbocycles. The lowest BCUT2D eigenvalue weighted by Gasteiger charge is -2.18. The van der Waals surface area contributed by atoms with Crippen molar-refractivity contribution in [2.75, 3.05) is 18.4 Å². The maximum absolute atomic E-state index is 12.5. The Bertz CT molecular complexity index is 826. The SMILES string of the molecule is C=CC(=O)Oc1cnc(N[C@@H]2CCN(C(=O)c3ccccc3)C2)c(Cl)c1. The van der Waals surface area contributed by atoms with Crippen LogP contribution in [0.25, 0.3) is 0 Å². The second-order valence-electron chi connectivity index (χ2n) is 5.87. The molecule has 1 saturated heterocycles. The fraction of sp³-hybridized carbons (Fsp3) is 0.211. The summed E-state index contributed by atoms with van der Waals surface area (Å²) in [4.78, 5) is 29.7. The van der Waals surface area contributed by atoms with Crippen molar-refractivity contribution in [1.82, 2.24) is 9.88 Å². The molecule has 134 valence electrons. The van der Waals surface area contributed by atoms with Crippen molar-refractivity contribution in [2.45, 2.75) is 12.5 Å². The smallest absolute Gasteiger partial charge is 0.335 e. The number of ether oxygens (including phenoxy) is 1. The first-order chi connectivity index (χ1) is 12.6. The van der Waals surface area contributed by atoms with Crippen LogP contribution < -0.4 is 10.1 Å². The van der Waals surface area contributed by atoms with Gasteiger partial charge in [0.25, 0.3) is 5.91 Å². The molecule has 1 aromatic carbocycles. The molecule has 0 spiro atoms. The molecule has 3 rings (SSSR count). The summed E-state index contributed by atoms with van der Waals surface area (Å²) in [5.41, 5.74) is 0.678. The summed E-state index contributed by atoms with van der Waals surface area (Å²) in [6.45, 7) is 4.57. The van der Waals surface area contributed by atoms with Crippen molar-refractivity contribution in [3.63, 3.8) is 0 Å². The number of benzene rings is 1. The van der Waals surface area contributed by atoms with Gasteiger partial charge in [0, 0.05) is 36.8 Å². The van der Waals surface area contributed by atoms with E-state index in [1.165, 1.54) is 12.3 Å². The fourth-order valence-corrected chi connectivity index (χ4v) is 2.97. The standard InChI is InChI=1S/C19H18ClN3O3/c1-2-17(24)26-15-10-16(20)18(21-11-15)22-14-8-9-23(12-14)19(25)13-6-4-3-5-7-13/h2-7,10-11,14H,1,8-9,12H2,(H,21,22)/t14-/m1/s1. The summed E-state index contributed by atoms with van der Waals surface area (Å²) in [6, 6.07) is 10.8. The molecule has 1 fully saturated rings. The van der Waals surface area contributed by atoms with Crippen LogP contribution in [0, 0.1) is 0 Å². The van der Waals surface area contributed by atoms with Gasteiger partial charge in [-0.3, -0.25) is 4.79 Å². The van der Waals surface area contributed by atoms with Crippen molar-refractivity contribution in [2.24, 2.45) is 0 Å². The van der Waals surface area contributed by atoms with Crippen LogP contribution in [-0.4, -0.2) is 40.9 Å². The van der Waals surface area contributed by atoms with Crippen molar-refractivity contribution < 1.29 is 14.3 Å². The Labute approximate surface area is 156 Å². The predicted octanol–water partition coefficient (Wildman–Crippen LogP) is 3.15. The zero-order valence-electron chi connectivity index (χ0n) is 14.0. The Kier molecular flexibility index (Phi) is 5.53. The molecule has 1 aromatic heterocycles. The molecule has 2 aromatic rings. The Morgan fingerprint density at radius 3 is 2.81 bits per heavy atom. The van der Waals surface area contributed by atoms with E-state index in [-0.39, 0.29) is 17.7 Å². The Hall–Kier alpha value is -2.86. The van der Waals surface area contributed by atoms with Gasteiger partial charge in [0.15, 0.2) is 5.75 Å². The highest BCUT2D eigenvalue weighted by atomic mass is 35.5. The van der Waals surface area contributed by atoms with Crippen molar-refractivity contribution in [3.05, 3.63) is 65.8 Å². The molecule has 0 bridgehead atoms. The van der Waals surface area contributed by atoms with Gasteiger partial charge >= 0.3 is 5.97 Å². The molecule has 7 heteroatoms. The summed E-state index contributed by atoms with van der Waals surface area (Å²) in [5, 5.41) is 3.58. The van der Waals surface area contributed by atoms with Gasteiger partial charge in [0.05, 0.1) is 11.2 Å². The minimum Gasteiger partial charge on any atom is -0.422 e. The Morgan fingerprint density at radius 1 is 1.35 bits per heavy atom. The number of likely N-dealkylation sites (tertiary alicyclic amines) is 1. The number of hydrogen-bond donors (Lipinski definition) is 1. The topological polar surface area (TPSA) is 71.5 Å². The number of hydrogen-bond acceptors (Lipinski definition) is 5. The monoisotopic (exact) mass is 371 g/mol. The predicted molar refractivity (Wildman–Crippen MR) is 99.5 cm³/mol. The molecule has 2 heterocycles. The summed E-state index contributed by atoms with van der Waals surface area (Å²) in [5.74, 6) is 0.178. The third kappa shape index (κ3) is 4.21. The number of anilines is 1. The summed E-state index contributed by atoms with van der Waals surface area (Å²) in [6.07, 6.45) is 3.28. The van der Waals surface area contributed by atoms with Gasteiger partial charge in [-0.25, -0.2) is 9.78 Å². The molecule has 1 atom stereocenters. The fourth-order valence-electron chi connectivity index (χ4n) is 2.76. The molecule has 1 N–H and O–H groups in total. The van der Waals surface area contributed by atoms with E-state index >= 15 is 0 Å². The molecule has 0 aliphatic carbocycles. The number of halogens is 1. The average molecular weight is 372 g/mol. The third-order valence-corrected chi connectivity index (χ3v) is 4.33. The largest absolute Gasteiger partial charge is 0.422 e. The first-order valence-electron chi connectivity index (χ1n) is 8.17. The van der Waals surface area contributed by atoms with Crippen molar-refractivity contribution >= 4 is 29.3 Å². The molecule has 1 amide bonds. The van der Waals surface area contributed by atoms with E-state index in [9.17, 15) is 9.59 Å². The highest BCUT2D eigenvalue weighted by Crippen LogP contribution is 2.26. The van der Waals surface area contributed by atoms with Crippen LogP contribution in [0.4, 0.5) is 5.82 Å². The number of nitrogens with zero attached hydrogens (tertiary/aromatic N) is 2. The summed E-state index contributed by atoms with van der Waals surface area (Å²) in [7, 11) is 0. The molecular formula is C19H18ClN3O3. The molecule has 26 heavy (non-hydrogen) atoms. The van der Waals surface area contributed by atoms with Gasteiger partial charge in [-0.05, 0) is 18.6 Å². The maximum Gasteiger partial charge on any atom is 0.335 e. The summed E-state index contributed by atoms with van der Waals surface area (Å²) >= 11 is 6.21. The Morgan fingerprint density at radius 2 is 2.12 bits per heavy atom. The lowest BCUT2D eigenvalue weighted by molar-refractivity contribution is -0.128. The number of carbonyl (C=O) groups is 2. The van der Waals surface area contributed by atoms with Gasteiger partial charge in [0.2, 0.25) is 0 Å². The number of aromatic nitrogens is 1. The molecule has 6 nitrogen and oxygen atoms in total.